The van der Waals surface area contributed by atoms with Gasteiger partial charge in [0.1, 0.15) is 5.75 Å². The Bertz CT molecular complexity index is 1280. The lowest BCUT2D eigenvalue weighted by Crippen LogP contribution is -2.29. The molecule has 38 heavy (non-hydrogen) atoms. The number of hydrogen-bond acceptors (Lipinski definition) is 5. The first-order valence-corrected chi connectivity index (χ1v) is 14.4. The summed E-state index contributed by atoms with van der Waals surface area (Å²) in [6.07, 6.45) is -2.46. The number of aliphatic hydroxyl groups is 1. The lowest BCUT2D eigenvalue weighted by molar-refractivity contribution is -0.137. The molecule has 0 saturated heterocycles. The van der Waals surface area contributed by atoms with Gasteiger partial charge in [-0.15, -0.1) is 0 Å². The fraction of sp³-hybridized carbons (Fsp3) is 0.379. The molecule has 1 atom stereocenters. The second kappa shape index (κ2) is 13.3. The second-order valence-electron chi connectivity index (χ2n) is 9.46. The third-order valence-electron chi connectivity index (χ3n) is 6.27. The van der Waals surface area contributed by atoms with Crippen LogP contribution in [0.4, 0.5) is 13.2 Å². The Kier molecular flexibility index (Phi) is 10.4. The molecule has 0 saturated carbocycles. The minimum absolute atomic E-state index is 0.131. The number of ether oxygens (including phenoxy) is 1. The highest BCUT2D eigenvalue weighted by molar-refractivity contribution is 7.90. The summed E-state index contributed by atoms with van der Waals surface area (Å²) < 4.78 is 69.9. The number of nitrogens with zero attached hydrogens (tertiary/aromatic N) is 1. The number of hydrogen-bond donors (Lipinski definition) is 1. The SMILES string of the molecule is CC(CN(CCCOc1ccc(CCO)c(S(C)(=O)=O)c1)Cc1cccc(C(F)(F)F)c1)c1ccccc1. The molecular formula is C29H34F3NO4S. The van der Waals surface area contributed by atoms with Crippen LogP contribution in [0.2, 0.25) is 0 Å². The lowest BCUT2D eigenvalue weighted by atomic mass is 10.00. The van der Waals surface area contributed by atoms with Gasteiger partial charge in [0.2, 0.25) is 0 Å². The molecule has 206 valence electrons. The van der Waals surface area contributed by atoms with Gasteiger partial charge >= 0.3 is 6.18 Å². The van der Waals surface area contributed by atoms with Crippen molar-refractivity contribution in [3.63, 3.8) is 0 Å². The van der Waals surface area contributed by atoms with Crippen LogP contribution in [0.3, 0.4) is 0 Å². The van der Waals surface area contributed by atoms with Crippen LogP contribution in [0.1, 0.15) is 41.5 Å². The molecular weight excluding hydrogens is 515 g/mol. The fourth-order valence-corrected chi connectivity index (χ4v) is 5.36. The minimum Gasteiger partial charge on any atom is -0.494 e. The Labute approximate surface area is 222 Å². The number of benzene rings is 3. The molecule has 0 bridgehead atoms. The van der Waals surface area contributed by atoms with Crippen molar-refractivity contribution < 1.29 is 31.4 Å². The predicted octanol–water partition coefficient (Wildman–Crippen LogP) is 5.72. The molecule has 9 heteroatoms. The summed E-state index contributed by atoms with van der Waals surface area (Å²) in [5, 5.41) is 9.21. The van der Waals surface area contributed by atoms with E-state index in [1.807, 2.05) is 30.3 Å². The van der Waals surface area contributed by atoms with Crippen molar-refractivity contribution >= 4 is 9.84 Å². The second-order valence-corrected chi connectivity index (χ2v) is 11.4. The molecule has 0 aliphatic heterocycles. The van der Waals surface area contributed by atoms with Gasteiger partial charge in [0.05, 0.1) is 17.1 Å². The lowest BCUT2D eigenvalue weighted by Gasteiger charge is -2.26. The van der Waals surface area contributed by atoms with Crippen LogP contribution < -0.4 is 4.74 Å². The monoisotopic (exact) mass is 549 g/mol. The maximum Gasteiger partial charge on any atom is 0.416 e. The van der Waals surface area contributed by atoms with Gasteiger partial charge in [-0.2, -0.15) is 13.2 Å². The van der Waals surface area contributed by atoms with Crippen LogP contribution in [0, 0.1) is 0 Å². The summed E-state index contributed by atoms with van der Waals surface area (Å²) in [7, 11) is -3.49. The third-order valence-corrected chi connectivity index (χ3v) is 7.45. The van der Waals surface area contributed by atoms with E-state index in [9.17, 15) is 26.7 Å². The van der Waals surface area contributed by atoms with Crippen LogP contribution in [0.5, 0.6) is 5.75 Å². The smallest absolute Gasteiger partial charge is 0.416 e. The largest absolute Gasteiger partial charge is 0.494 e. The highest BCUT2D eigenvalue weighted by Gasteiger charge is 2.30. The zero-order valence-electron chi connectivity index (χ0n) is 21.6. The molecule has 3 rings (SSSR count). The summed E-state index contributed by atoms with van der Waals surface area (Å²) in [4.78, 5) is 2.25. The van der Waals surface area contributed by atoms with Crippen LogP contribution in [-0.4, -0.2) is 51.0 Å². The van der Waals surface area contributed by atoms with Crippen LogP contribution in [0.25, 0.3) is 0 Å². The Morgan fingerprint density at radius 1 is 1.00 bits per heavy atom. The number of alkyl halides is 3. The Balaban J connectivity index is 1.68. The molecule has 3 aromatic carbocycles. The first kappa shape index (κ1) is 29.7. The van der Waals surface area contributed by atoms with Crippen LogP contribution in [-0.2, 0) is 29.0 Å². The number of sulfone groups is 1. The van der Waals surface area contributed by atoms with E-state index in [4.69, 9.17) is 4.74 Å². The summed E-state index contributed by atoms with van der Waals surface area (Å²) in [5.41, 5.74) is 1.59. The van der Waals surface area contributed by atoms with Crippen molar-refractivity contribution in [1.82, 2.24) is 4.90 Å². The molecule has 0 aliphatic rings. The van der Waals surface area contributed by atoms with E-state index in [1.54, 1.807) is 18.2 Å². The van der Waals surface area contributed by atoms with E-state index in [1.165, 1.54) is 18.2 Å². The first-order valence-electron chi connectivity index (χ1n) is 12.5. The molecule has 1 N–H and O–H groups in total. The van der Waals surface area contributed by atoms with E-state index >= 15 is 0 Å². The Hall–Kier alpha value is -2.88. The molecule has 0 heterocycles. The molecule has 5 nitrogen and oxygen atoms in total. The molecule has 3 aromatic rings. The van der Waals surface area contributed by atoms with Gasteiger partial charge in [0.25, 0.3) is 0 Å². The molecule has 0 spiro atoms. The normalized spacial score (nSPS) is 13.0. The maximum atomic E-state index is 13.2. The quantitative estimate of drug-likeness (QED) is 0.276. The van der Waals surface area contributed by atoms with Gasteiger partial charge in [-0.25, -0.2) is 8.42 Å². The number of halogens is 3. The van der Waals surface area contributed by atoms with Crippen molar-refractivity contribution in [2.24, 2.45) is 0 Å². The average Bonchev–Trinajstić information content (AvgIpc) is 2.87. The standard InChI is InChI=1S/C29H34F3NO4S/c1-22(24-9-4-3-5-10-24)20-33(21-23-8-6-11-26(18-23)29(30,31)32)15-7-17-37-27-13-12-25(14-16-34)28(19-27)38(2,35)36/h3-6,8-13,18-19,22,34H,7,14-17,20-21H2,1-2H3. The van der Waals surface area contributed by atoms with Crippen molar-refractivity contribution in [1.29, 1.82) is 0 Å². The van der Waals surface area contributed by atoms with E-state index in [0.29, 0.717) is 49.5 Å². The van der Waals surface area contributed by atoms with E-state index in [-0.39, 0.29) is 23.8 Å². The van der Waals surface area contributed by atoms with E-state index < -0.39 is 21.6 Å². The van der Waals surface area contributed by atoms with Crippen LogP contribution >= 0.6 is 0 Å². The van der Waals surface area contributed by atoms with Crippen molar-refractivity contribution in [2.45, 2.75) is 43.3 Å². The number of aliphatic hydroxyl groups excluding tert-OH is 1. The third kappa shape index (κ3) is 8.85. The Morgan fingerprint density at radius 2 is 1.74 bits per heavy atom. The van der Waals surface area contributed by atoms with Crippen LogP contribution in [0.15, 0.2) is 77.7 Å². The van der Waals surface area contributed by atoms with E-state index in [2.05, 4.69) is 11.8 Å². The topological polar surface area (TPSA) is 66.8 Å². The molecule has 0 radical (unpaired) electrons. The van der Waals surface area contributed by atoms with E-state index in [0.717, 1.165) is 17.9 Å². The van der Waals surface area contributed by atoms with Gasteiger partial charge in [0.15, 0.2) is 9.84 Å². The number of rotatable bonds is 13. The highest BCUT2D eigenvalue weighted by atomic mass is 32.2. The van der Waals surface area contributed by atoms with Gasteiger partial charge in [-0.1, -0.05) is 61.5 Å². The average molecular weight is 550 g/mol. The summed E-state index contributed by atoms with van der Waals surface area (Å²) in [5.74, 6) is 0.577. The fourth-order valence-electron chi connectivity index (χ4n) is 4.39. The summed E-state index contributed by atoms with van der Waals surface area (Å²) in [6, 6.07) is 20.1. The van der Waals surface area contributed by atoms with Crippen molar-refractivity contribution in [3.8, 4) is 5.75 Å². The first-order chi connectivity index (χ1) is 18.0. The molecule has 0 amide bonds. The molecule has 1 unspecified atom stereocenters. The minimum atomic E-state index is -4.40. The zero-order chi connectivity index (χ0) is 27.8. The summed E-state index contributed by atoms with van der Waals surface area (Å²) in [6.45, 7) is 3.82. The summed E-state index contributed by atoms with van der Waals surface area (Å²) >= 11 is 0. The highest BCUT2D eigenvalue weighted by Crippen LogP contribution is 2.30. The van der Waals surface area contributed by atoms with Crippen molar-refractivity contribution in [3.05, 3.63) is 95.1 Å². The molecule has 0 aromatic heterocycles. The van der Waals surface area contributed by atoms with Gasteiger partial charge in [-0.3, -0.25) is 4.90 Å². The predicted molar refractivity (Wildman–Crippen MR) is 142 cm³/mol. The maximum absolute atomic E-state index is 13.2. The molecule has 0 aliphatic carbocycles. The Morgan fingerprint density at radius 3 is 2.39 bits per heavy atom. The zero-order valence-corrected chi connectivity index (χ0v) is 22.4. The molecule has 0 fully saturated rings. The van der Waals surface area contributed by atoms with Gasteiger partial charge in [-0.05, 0) is 53.6 Å². The van der Waals surface area contributed by atoms with Gasteiger partial charge < -0.3 is 9.84 Å². The van der Waals surface area contributed by atoms with Crippen molar-refractivity contribution in [2.75, 3.05) is 32.6 Å². The van der Waals surface area contributed by atoms with Gasteiger partial charge in [0, 0.05) is 32.5 Å².